The van der Waals surface area contributed by atoms with Gasteiger partial charge in [0.1, 0.15) is 5.75 Å². The van der Waals surface area contributed by atoms with Crippen molar-refractivity contribution in [2.24, 2.45) is 0 Å². The van der Waals surface area contributed by atoms with Gasteiger partial charge < -0.3 is 24.8 Å². The van der Waals surface area contributed by atoms with Gasteiger partial charge in [-0.05, 0) is 62.6 Å². The summed E-state index contributed by atoms with van der Waals surface area (Å²) in [5.74, 6) is 0.974. The van der Waals surface area contributed by atoms with Gasteiger partial charge in [0, 0.05) is 36.2 Å². The number of nitrogens with zero attached hydrogens (tertiary/aromatic N) is 2. The third-order valence-corrected chi connectivity index (χ3v) is 6.69. The lowest BCUT2D eigenvalue weighted by atomic mass is 10.1. The molecular weight excluding hydrogens is 388 g/mol. The van der Waals surface area contributed by atoms with Gasteiger partial charge in [0.15, 0.2) is 6.04 Å². The molecule has 2 heterocycles. The highest BCUT2D eigenvalue weighted by Gasteiger charge is 2.29. The first kappa shape index (κ1) is 21.5. The van der Waals surface area contributed by atoms with Crippen LogP contribution in [0.2, 0.25) is 0 Å². The fourth-order valence-electron chi connectivity index (χ4n) is 4.64. The highest BCUT2D eigenvalue weighted by atomic mass is 16.5. The number of anilines is 3. The SMILES string of the molecule is COc1cccc(N2CC[NH+]([C@@H](C)C(=O)Nc3ccc(N4CCCCC4)cc3)CC2)c1. The highest BCUT2D eigenvalue weighted by Crippen LogP contribution is 2.22. The number of quaternary nitrogens is 1. The molecule has 4 rings (SSSR count). The molecule has 2 aliphatic heterocycles. The van der Waals surface area contributed by atoms with Gasteiger partial charge in [0.05, 0.1) is 33.3 Å². The Kier molecular flexibility index (Phi) is 6.97. The fourth-order valence-corrected chi connectivity index (χ4v) is 4.64. The molecule has 0 aliphatic carbocycles. The second-order valence-corrected chi connectivity index (χ2v) is 8.65. The molecule has 31 heavy (non-hydrogen) atoms. The number of hydrogen-bond donors (Lipinski definition) is 2. The summed E-state index contributed by atoms with van der Waals surface area (Å²) in [6, 6.07) is 16.4. The first-order valence-electron chi connectivity index (χ1n) is 11.5. The maximum atomic E-state index is 12.9. The molecule has 1 atom stereocenters. The van der Waals surface area contributed by atoms with E-state index in [4.69, 9.17) is 4.74 Å². The topological polar surface area (TPSA) is 49.3 Å². The normalized spacial score (nSPS) is 18.5. The van der Waals surface area contributed by atoms with Crippen LogP contribution < -0.4 is 24.8 Å². The van der Waals surface area contributed by atoms with Crippen LogP contribution in [0.5, 0.6) is 5.75 Å². The summed E-state index contributed by atoms with van der Waals surface area (Å²) in [4.78, 5) is 19.0. The van der Waals surface area contributed by atoms with Crippen LogP contribution in [0.15, 0.2) is 48.5 Å². The summed E-state index contributed by atoms with van der Waals surface area (Å²) < 4.78 is 5.35. The number of amides is 1. The minimum absolute atomic E-state index is 0.0748. The molecule has 0 radical (unpaired) electrons. The Bertz CT molecular complexity index is 856. The Labute approximate surface area is 185 Å². The quantitative estimate of drug-likeness (QED) is 0.749. The Morgan fingerprint density at radius 2 is 1.61 bits per heavy atom. The van der Waals surface area contributed by atoms with Crippen LogP contribution in [0.25, 0.3) is 0 Å². The van der Waals surface area contributed by atoms with E-state index in [2.05, 4.69) is 39.4 Å². The zero-order chi connectivity index (χ0) is 21.6. The van der Waals surface area contributed by atoms with Crippen LogP contribution >= 0.6 is 0 Å². The van der Waals surface area contributed by atoms with Gasteiger partial charge in [0.25, 0.3) is 5.91 Å². The Balaban J connectivity index is 1.28. The van der Waals surface area contributed by atoms with E-state index in [1.54, 1.807) is 7.11 Å². The van der Waals surface area contributed by atoms with Gasteiger partial charge in [0.2, 0.25) is 0 Å². The van der Waals surface area contributed by atoms with Crippen molar-refractivity contribution in [3.63, 3.8) is 0 Å². The number of methoxy groups -OCH3 is 1. The molecule has 166 valence electrons. The maximum absolute atomic E-state index is 12.9. The largest absolute Gasteiger partial charge is 0.497 e. The van der Waals surface area contributed by atoms with Crippen LogP contribution in [-0.4, -0.2) is 58.3 Å². The molecular formula is C25H35N4O2+. The van der Waals surface area contributed by atoms with Gasteiger partial charge in [-0.2, -0.15) is 0 Å². The van der Waals surface area contributed by atoms with Crippen LogP contribution in [0.4, 0.5) is 17.1 Å². The molecule has 2 aromatic carbocycles. The molecule has 2 saturated heterocycles. The average Bonchev–Trinajstić information content (AvgIpc) is 2.84. The first-order chi connectivity index (χ1) is 15.1. The summed E-state index contributed by atoms with van der Waals surface area (Å²) in [6.45, 7) is 8.06. The number of carbonyl (C=O) groups excluding carboxylic acids is 1. The lowest BCUT2D eigenvalue weighted by Gasteiger charge is -2.36. The van der Waals surface area contributed by atoms with Crippen molar-refractivity contribution in [3.05, 3.63) is 48.5 Å². The van der Waals surface area contributed by atoms with E-state index in [9.17, 15) is 4.79 Å². The summed E-state index contributed by atoms with van der Waals surface area (Å²) >= 11 is 0. The predicted molar refractivity (Wildman–Crippen MR) is 127 cm³/mol. The molecule has 2 aromatic rings. The van der Waals surface area contributed by atoms with Crippen molar-refractivity contribution in [3.8, 4) is 5.75 Å². The van der Waals surface area contributed by atoms with E-state index < -0.39 is 0 Å². The maximum Gasteiger partial charge on any atom is 0.282 e. The van der Waals surface area contributed by atoms with Crippen molar-refractivity contribution >= 4 is 23.0 Å². The second-order valence-electron chi connectivity index (χ2n) is 8.65. The van der Waals surface area contributed by atoms with Crippen LogP contribution in [-0.2, 0) is 4.79 Å². The number of benzene rings is 2. The summed E-state index contributed by atoms with van der Waals surface area (Å²) in [5.41, 5.74) is 3.32. The second kappa shape index (κ2) is 10.1. The van der Waals surface area contributed by atoms with E-state index in [1.165, 1.54) is 35.5 Å². The average molecular weight is 424 g/mol. The smallest absolute Gasteiger partial charge is 0.282 e. The molecule has 6 heteroatoms. The first-order valence-corrected chi connectivity index (χ1v) is 11.5. The zero-order valence-corrected chi connectivity index (χ0v) is 18.8. The number of hydrogen-bond acceptors (Lipinski definition) is 4. The third-order valence-electron chi connectivity index (χ3n) is 6.69. The molecule has 0 unspecified atom stereocenters. The number of piperazine rings is 1. The molecule has 2 N–H and O–H groups in total. The Morgan fingerprint density at radius 3 is 2.29 bits per heavy atom. The Morgan fingerprint density at radius 1 is 0.935 bits per heavy atom. The zero-order valence-electron chi connectivity index (χ0n) is 18.8. The van der Waals surface area contributed by atoms with E-state index in [0.717, 1.165) is 50.7 Å². The van der Waals surface area contributed by atoms with Crippen LogP contribution in [0, 0.1) is 0 Å². The van der Waals surface area contributed by atoms with Crippen molar-refractivity contribution in [1.29, 1.82) is 0 Å². The fraction of sp³-hybridized carbons (Fsp3) is 0.480. The number of ether oxygens (including phenoxy) is 1. The van der Waals surface area contributed by atoms with E-state index in [1.807, 2.05) is 31.2 Å². The van der Waals surface area contributed by atoms with Crippen LogP contribution in [0.3, 0.4) is 0 Å². The lowest BCUT2D eigenvalue weighted by molar-refractivity contribution is -0.914. The highest BCUT2D eigenvalue weighted by molar-refractivity contribution is 5.93. The van der Waals surface area contributed by atoms with Gasteiger partial charge in [-0.25, -0.2) is 0 Å². The van der Waals surface area contributed by atoms with Crippen molar-refractivity contribution < 1.29 is 14.4 Å². The third kappa shape index (κ3) is 5.31. The monoisotopic (exact) mass is 423 g/mol. The van der Waals surface area contributed by atoms with Gasteiger partial charge >= 0.3 is 0 Å². The van der Waals surface area contributed by atoms with Gasteiger partial charge in [-0.3, -0.25) is 4.79 Å². The molecule has 6 nitrogen and oxygen atoms in total. The summed E-state index contributed by atoms with van der Waals surface area (Å²) in [6.07, 6.45) is 3.87. The lowest BCUT2D eigenvalue weighted by Crippen LogP contribution is -3.19. The van der Waals surface area contributed by atoms with Gasteiger partial charge in [-0.15, -0.1) is 0 Å². The van der Waals surface area contributed by atoms with E-state index in [0.29, 0.717) is 0 Å². The summed E-state index contributed by atoms with van der Waals surface area (Å²) in [7, 11) is 1.70. The van der Waals surface area contributed by atoms with E-state index in [-0.39, 0.29) is 11.9 Å². The molecule has 2 aliphatic rings. The number of piperidine rings is 1. The van der Waals surface area contributed by atoms with Gasteiger partial charge in [-0.1, -0.05) is 6.07 Å². The Hall–Kier alpha value is -2.73. The standard InChI is InChI=1S/C25H34N4O2/c1-20(27-15-17-29(18-16-27)23-7-6-8-24(19-23)31-2)25(30)26-21-9-11-22(12-10-21)28-13-4-3-5-14-28/h6-12,19-20H,3-5,13-18H2,1-2H3,(H,26,30)/p+1/t20-/m0/s1. The molecule has 0 aromatic heterocycles. The minimum Gasteiger partial charge on any atom is -0.497 e. The molecule has 0 saturated carbocycles. The van der Waals surface area contributed by atoms with E-state index >= 15 is 0 Å². The summed E-state index contributed by atoms with van der Waals surface area (Å²) in [5, 5.41) is 3.12. The van der Waals surface area contributed by atoms with Crippen molar-refractivity contribution in [1.82, 2.24) is 0 Å². The number of carbonyl (C=O) groups is 1. The number of nitrogens with one attached hydrogen (secondary N) is 2. The molecule has 0 spiro atoms. The molecule has 1 amide bonds. The molecule has 0 bridgehead atoms. The molecule has 2 fully saturated rings. The van der Waals surface area contributed by atoms with Crippen molar-refractivity contribution in [2.45, 2.75) is 32.2 Å². The van der Waals surface area contributed by atoms with Crippen LogP contribution in [0.1, 0.15) is 26.2 Å². The van der Waals surface area contributed by atoms with Crippen molar-refractivity contribution in [2.75, 3.05) is 61.5 Å². The minimum atomic E-state index is -0.0748. The predicted octanol–water partition coefficient (Wildman–Crippen LogP) is 2.42. The number of rotatable bonds is 6.